The average molecular weight is 276 g/mol. The highest BCUT2D eigenvalue weighted by molar-refractivity contribution is 5.97. The van der Waals surface area contributed by atoms with Crippen LogP contribution in [0.4, 0.5) is 0 Å². The fourth-order valence-electron chi connectivity index (χ4n) is 2.65. The predicted molar refractivity (Wildman–Crippen MR) is 76.0 cm³/mol. The molecule has 0 aliphatic carbocycles. The molecule has 1 aromatic rings. The number of carbonyl (C=O) groups excluding carboxylic acids is 1. The molecule has 1 amide bonds. The average Bonchev–Trinajstić information content (AvgIpc) is 2.92. The fourth-order valence-corrected chi connectivity index (χ4v) is 2.65. The molecular formula is C15H20N2O3. The Bertz CT molecular complexity index is 502. The Labute approximate surface area is 118 Å². The maximum atomic E-state index is 12.0. The lowest BCUT2D eigenvalue weighted by molar-refractivity contribution is 0.0697. The second-order valence-corrected chi connectivity index (χ2v) is 5.02. The highest BCUT2D eigenvalue weighted by atomic mass is 16.4. The molecule has 108 valence electrons. The summed E-state index contributed by atoms with van der Waals surface area (Å²) in [5, 5.41) is 11.8. The third-order valence-electron chi connectivity index (χ3n) is 3.78. The van der Waals surface area contributed by atoms with Gasteiger partial charge in [-0.15, -0.1) is 0 Å². The first kappa shape index (κ1) is 14.5. The number of likely N-dealkylation sites (N-methyl/N-ethyl adjacent to an activating group) is 1. The van der Waals surface area contributed by atoms with Gasteiger partial charge in [-0.3, -0.25) is 9.69 Å². The van der Waals surface area contributed by atoms with Gasteiger partial charge in [0, 0.05) is 18.2 Å². The van der Waals surface area contributed by atoms with Gasteiger partial charge in [0.05, 0.1) is 5.56 Å². The van der Waals surface area contributed by atoms with Gasteiger partial charge in [0.1, 0.15) is 0 Å². The minimum Gasteiger partial charge on any atom is -0.478 e. The van der Waals surface area contributed by atoms with Crippen LogP contribution in [0, 0.1) is 0 Å². The largest absolute Gasteiger partial charge is 0.478 e. The van der Waals surface area contributed by atoms with E-state index in [4.69, 9.17) is 5.11 Å². The van der Waals surface area contributed by atoms with Crippen molar-refractivity contribution in [2.24, 2.45) is 0 Å². The lowest BCUT2D eigenvalue weighted by atomic mass is 10.1. The van der Waals surface area contributed by atoms with Crippen molar-refractivity contribution in [2.75, 3.05) is 19.6 Å². The summed E-state index contributed by atoms with van der Waals surface area (Å²) in [6.07, 6.45) is 2.27. The van der Waals surface area contributed by atoms with E-state index in [1.807, 2.05) is 0 Å². The number of carboxylic acid groups (broad SMARTS) is 1. The number of amides is 1. The van der Waals surface area contributed by atoms with Gasteiger partial charge in [0.2, 0.25) is 0 Å². The molecule has 5 nitrogen and oxygen atoms in total. The maximum absolute atomic E-state index is 12.0. The van der Waals surface area contributed by atoms with Crippen LogP contribution in [0.1, 0.15) is 40.5 Å². The first-order valence-electron chi connectivity index (χ1n) is 6.97. The summed E-state index contributed by atoms with van der Waals surface area (Å²) in [7, 11) is 0. The summed E-state index contributed by atoms with van der Waals surface area (Å²) in [6, 6.07) is 6.51. The Hall–Kier alpha value is -1.88. The predicted octanol–water partition coefficient (Wildman–Crippen LogP) is 1.60. The van der Waals surface area contributed by atoms with Crippen LogP contribution in [0.2, 0.25) is 0 Å². The quantitative estimate of drug-likeness (QED) is 0.857. The molecule has 1 aliphatic rings. The van der Waals surface area contributed by atoms with Gasteiger partial charge in [-0.2, -0.15) is 0 Å². The molecule has 0 spiro atoms. The summed E-state index contributed by atoms with van der Waals surface area (Å²) in [5.74, 6) is -1.23. The Kier molecular flexibility index (Phi) is 4.74. The van der Waals surface area contributed by atoms with Gasteiger partial charge >= 0.3 is 5.97 Å². The van der Waals surface area contributed by atoms with Crippen LogP contribution >= 0.6 is 0 Å². The molecule has 2 N–H and O–H groups in total. The van der Waals surface area contributed by atoms with Crippen molar-refractivity contribution in [3.63, 3.8) is 0 Å². The number of carbonyl (C=O) groups is 2. The van der Waals surface area contributed by atoms with Crippen LogP contribution in [0.25, 0.3) is 0 Å². The molecule has 1 aliphatic heterocycles. The Morgan fingerprint density at radius 2 is 2.15 bits per heavy atom. The minimum atomic E-state index is -1.02. The Morgan fingerprint density at radius 3 is 2.85 bits per heavy atom. The molecule has 0 bridgehead atoms. The molecule has 1 saturated heterocycles. The highest BCUT2D eigenvalue weighted by Crippen LogP contribution is 2.15. The molecule has 0 aromatic heterocycles. The normalized spacial score (nSPS) is 18.9. The summed E-state index contributed by atoms with van der Waals surface area (Å²) in [5.41, 5.74) is 0.527. The van der Waals surface area contributed by atoms with Crippen LogP contribution in [0.15, 0.2) is 24.3 Å². The van der Waals surface area contributed by atoms with Crippen molar-refractivity contribution in [3.8, 4) is 0 Å². The van der Waals surface area contributed by atoms with Crippen molar-refractivity contribution in [2.45, 2.75) is 25.8 Å². The molecule has 1 aromatic carbocycles. The van der Waals surface area contributed by atoms with Crippen molar-refractivity contribution in [1.82, 2.24) is 10.2 Å². The van der Waals surface area contributed by atoms with E-state index in [0.29, 0.717) is 18.2 Å². The second kappa shape index (κ2) is 6.52. The first-order chi connectivity index (χ1) is 9.61. The molecule has 1 fully saturated rings. The smallest absolute Gasteiger partial charge is 0.335 e. The molecule has 0 radical (unpaired) electrons. The zero-order valence-electron chi connectivity index (χ0n) is 11.6. The number of likely N-dealkylation sites (tertiary alicyclic amines) is 1. The molecule has 1 atom stereocenters. The fraction of sp³-hybridized carbons (Fsp3) is 0.467. The lowest BCUT2D eigenvalue weighted by Gasteiger charge is -2.22. The zero-order chi connectivity index (χ0) is 14.5. The Morgan fingerprint density at radius 1 is 1.40 bits per heavy atom. The van der Waals surface area contributed by atoms with E-state index in [-0.39, 0.29) is 11.5 Å². The van der Waals surface area contributed by atoms with Crippen LogP contribution in [0.5, 0.6) is 0 Å². The number of rotatable bonds is 5. The third-order valence-corrected chi connectivity index (χ3v) is 3.78. The summed E-state index contributed by atoms with van der Waals surface area (Å²) >= 11 is 0. The van der Waals surface area contributed by atoms with Crippen LogP contribution in [-0.4, -0.2) is 47.6 Å². The maximum Gasteiger partial charge on any atom is 0.335 e. The van der Waals surface area contributed by atoms with E-state index in [0.717, 1.165) is 19.5 Å². The summed E-state index contributed by atoms with van der Waals surface area (Å²) in [4.78, 5) is 25.3. The van der Waals surface area contributed by atoms with Crippen LogP contribution in [0.3, 0.4) is 0 Å². The van der Waals surface area contributed by atoms with Crippen molar-refractivity contribution in [1.29, 1.82) is 0 Å². The number of benzene rings is 1. The zero-order valence-corrected chi connectivity index (χ0v) is 11.6. The summed E-state index contributed by atoms with van der Waals surface area (Å²) < 4.78 is 0. The molecule has 20 heavy (non-hydrogen) atoms. The first-order valence-corrected chi connectivity index (χ1v) is 6.97. The summed E-state index contributed by atoms with van der Waals surface area (Å²) in [6.45, 7) is 4.82. The molecular weight excluding hydrogens is 256 g/mol. The third kappa shape index (κ3) is 3.36. The monoisotopic (exact) mass is 276 g/mol. The molecule has 0 saturated carbocycles. The number of aromatic carboxylic acids is 1. The topological polar surface area (TPSA) is 69.6 Å². The van der Waals surface area contributed by atoms with Crippen molar-refractivity contribution < 1.29 is 14.7 Å². The van der Waals surface area contributed by atoms with E-state index < -0.39 is 5.97 Å². The molecule has 2 rings (SSSR count). The number of carboxylic acids is 1. The SMILES string of the molecule is CCN1CCCC1CNC(=O)c1cccc(C(=O)O)c1. The second-order valence-electron chi connectivity index (χ2n) is 5.02. The van der Waals surface area contributed by atoms with Gasteiger partial charge in [0.15, 0.2) is 0 Å². The molecule has 1 heterocycles. The van der Waals surface area contributed by atoms with E-state index in [1.165, 1.54) is 18.6 Å². The van der Waals surface area contributed by atoms with E-state index in [1.54, 1.807) is 12.1 Å². The molecule has 1 unspecified atom stereocenters. The van der Waals surface area contributed by atoms with Gasteiger partial charge in [0.25, 0.3) is 5.91 Å². The Balaban J connectivity index is 1.95. The lowest BCUT2D eigenvalue weighted by Crippen LogP contribution is -2.40. The standard InChI is InChI=1S/C15H20N2O3/c1-2-17-8-4-7-13(17)10-16-14(18)11-5-3-6-12(9-11)15(19)20/h3,5-6,9,13H,2,4,7-8,10H2,1H3,(H,16,18)(H,19,20). The number of hydrogen-bond acceptors (Lipinski definition) is 3. The van der Waals surface area contributed by atoms with Crippen LogP contribution < -0.4 is 5.32 Å². The van der Waals surface area contributed by atoms with Gasteiger partial charge in [-0.25, -0.2) is 4.79 Å². The van der Waals surface area contributed by atoms with Gasteiger partial charge in [-0.05, 0) is 44.1 Å². The van der Waals surface area contributed by atoms with Crippen molar-refractivity contribution >= 4 is 11.9 Å². The van der Waals surface area contributed by atoms with Crippen LogP contribution in [-0.2, 0) is 0 Å². The number of nitrogens with one attached hydrogen (secondary N) is 1. The van der Waals surface area contributed by atoms with Gasteiger partial charge in [-0.1, -0.05) is 13.0 Å². The van der Waals surface area contributed by atoms with E-state index in [2.05, 4.69) is 17.1 Å². The van der Waals surface area contributed by atoms with Gasteiger partial charge < -0.3 is 10.4 Å². The highest BCUT2D eigenvalue weighted by Gasteiger charge is 2.23. The number of nitrogens with zero attached hydrogens (tertiary/aromatic N) is 1. The van der Waals surface area contributed by atoms with Crippen molar-refractivity contribution in [3.05, 3.63) is 35.4 Å². The minimum absolute atomic E-state index is 0.133. The van der Waals surface area contributed by atoms with E-state index in [9.17, 15) is 9.59 Å². The molecule has 5 heteroatoms. The number of hydrogen-bond donors (Lipinski definition) is 2. The van der Waals surface area contributed by atoms with E-state index >= 15 is 0 Å².